The molecule has 0 saturated heterocycles. The molecule has 0 aliphatic heterocycles. The number of anilines is 1. The summed E-state index contributed by atoms with van der Waals surface area (Å²) in [5, 5.41) is 3.46. The Balaban J connectivity index is 2.24. The van der Waals surface area contributed by atoms with Gasteiger partial charge < -0.3 is 14.8 Å². The number of ether oxygens (including phenoxy) is 2. The molecule has 1 N–H and O–H groups in total. The molecule has 1 aromatic heterocycles. The summed E-state index contributed by atoms with van der Waals surface area (Å²) < 4.78 is 10.5. The lowest BCUT2D eigenvalue weighted by atomic mass is 10.3. The predicted molar refractivity (Wildman–Crippen MR) is 77.7 cm³/mol. The van der Waals surface area contributed by atoms with Crippen molar-refractivity contribution in [1.29, 1.82) is 0 Å². The summed E-state index contributed by atoms with van der Waals surface area (Å²) in [6.07, 6.45) is 0. The van der Waals surface area contributed by atoms with Gasteiger partial charge in [-0.3, -0.25) is 0 Å². The lowest BCUT2D eigenvalue weighted by Crippen LogP contribution is -2.04. The molecule has 0 amide bonds. The van der Waals surface area contributed by atoms with Crippen LogP contribution in [0.4, 0.5) is 5.95 Å². The summed E-state index contributed by atoms with van der Waals surface area (Å²) in [6.45, 7) is 2.40. The summed E-state index contributed by atoms with van der Waals surface area (Å²) in [5.41, 5.74) is 0. The third-order valence-electron chi connectivity index (χ3n) is 2.34. The van der Waals surface area contributed by atoms with Crippen molar-refractivity contribution in [3.63, 3.8) is 0 Å². The van der Waals surface area contributed by atoms with Gasteiger partial charge in [-0.2, -0.15) is 15.0 Å². The Morgan fingerprint density at radius 3 is 2.80 bits per heavy atom. The fourth-order valence-electron chi connectivity index (χ4n) is 1.46. The average molecular weight is 292 g/mol. The molecule has 20 heavy (non-hydrogen) atoms. The highest BCUT2D eigenvalue weighted by Gasteiger charge is 2.08. The van der Waals surface area contributed by atoms with E-state index in [4.69, 9.17) is 9.47 Å². The fourth-order valence-corrected chi connectivity index (χ4v) is 2.25. The first-order chi connectivity index (χ1) is 9.75. The minimum atomic E-state index is 0.317. The Hall–Kier alpha value is -2.02. The van der Waals surface area contributed by atoms with E-state index in [0.29, 0.717) is 23.7 Å². The number of nitrogens with zero attached hydrogens (tertiary/aromatic N) is 3. The number of hydrogen-bond donors (Lipinski definition) is 1. The van der Waals surface area contributed by atoms with Gasteiger partial charge in [-0.25, -0.2) is 0 Å². The molecule has 2 rings (SSSR count). The van der Waals surface area contributed by atoms with Crippen LogP contribution >= 0.6 is 11.8 Å². The molecule has 0 atom stereocenters. The van der Waals surface area contributed by atoms with Gasteiger partial charge in [-0.1, -0.05) is 6.07 Å². The van der Waals surface area contributed by atoms with Gasteiger partial charge in [0, 0.05) is 11.9 Å². The summed E-state index contributed by atoms with van der Waals surface area (Å²) in [4.78, 5) is 13.7. The fraction of sp³-hybridized carbons (Fsp3) is 0.308. The van der Waals surface area contributed by atoms with Crippen LogP contribution in [0.3, 0.4) is 0 Å². The second kappa shape index (κ2) is 6.95. The van der Waals surface area contributed by atoms with Gasteiger partial charge in [0.1, 0.15) is 5.75 Å². The number of benzene rings is 1. The van der Waals surface area contributed by atoms with Gasteiger partial charge in [0.15, 0.2) is 0 Å². The highest BCUT2D eigenvalue weighted by Crippen LogP contribution is 2.28. The SMILES string of the molecule is CCOc1nc(NC)nc(Sc2cccc(OC)c2)n1. The normalized spacial score (nSPS) is 10.2. The molecule has 0 aliphatic carbocycles. The molecule has 106 valence electrons. The highest BCUT2D eigenvalue weighted by atomic mass is 32.2. The minimum absolute atomic E-state index is 0.317. The van der Waals surface area contributed by atoms with Crippen LogP contribution in [0.15, 0.2) is 34.3 Å². The first-order valence-electron chi connectivity index (χ1n) is 6.13. The number of methoxy groups -OCH3 is 1. The molecule has 6 nitrogen and oxygen atoms in total. The summed E-state index contributed by atoms with van der Waals surface area (Å²) in [7, 11) is 3.39. The molecule has 1 aromatic carbocycles. The Kier molecular flexibility index (Phi) is 5.00. The molecule has 0 fully saturated rings. The monoisotopic (exact) mass is 292 g/mol. The lowest BCUT2D eigenvalue weighted by Gasteiger charge is -2.07. The molecule has 0 unspecified atom stereocenters. The third-order valence-corrected chi connectivity index (χ3v) is 3.20. The van der Waals surface area contributed by atoms with Crippen LogP contribution in [0.1, 0.15) is 6.92 Å². The maximum absolute atomic E-state index is 5.33. The zero-order valence-corrected chi connectivity index (χ0v) is 12.4. The highest BCUT2D eigenvalue weighted by molar-refractivity contribution is 7.99. The molecule has 0 bridgehead atoms. The van der Waals surface area contributed by atoms with Crippen LogP contribution in [-0.2, 0) is 0 Å². The van der Waals surface area contributed by atoms with E-state index in [-0.39, 0.29) is 0 Å². The van der Waals surface area contributed by atoms with Gasteiger partial charge in [0.2, 0.25) is 11.1 Å². The molecular formula is C13H16N4O2S. The van der Waals surface area contributed by atoms with Gasteiger partial charge in [0.25, 0.3) is 0 Å². The Bertz CT molecular complexity index is 580. The maximum Gasteiger partial charge on any atom is 0.322 e. The quantitative estimate of drug-likeness (QED) is 0.877. The molecule has 0 radical (unpaired) electrons. The van der Waals surface area contributed by atoms with E-state index in [1.54, 1.807) is 14.2 Å². The maximum atomic E-state index is 5.33. The van der Waals surface area contributed by atoms with E-state index < -0.39 is 0 Å². The summed E-state index contributed by atoms with van der Waals surface area (Å²) in [6, 6.07) is 8.02. The zero-order chi connectivity index (χ0) is 14.4. The standard InChI is InChI=1S/C13H16N4O2S/c1-4-19-12-15-11(14-2)16-13(17-12)20-10-7-5-6-9(8-10)18-3/h5-8H,4H2,1-3H3,(H,14,15,16,17). The van der Waals surface area contributed by atoms with E-state index in [1.807, 2.05) is 31.2 Å². The van der Waals surface area contributed by atoms with E-state index in [0.717, 1.165) is 10.6 Å². The number of rotatable bonds is 6. The van der Waals surface area contributed by atoms with E-state index >= 15 is 0 Å². The van der Waals surface area contributed by atoms with Gasteiger partial charge >= 0.3 is 6.01 Å². The van der Waals surface area contributed by atoms with Crippen LogP contribution in [-0.4, -0.2) is 35.7 Å². The Morgan fingerprint density at radius 2 is 2.10 bits per heavy atom. The van der Waals surface area contributed by atoms with Crippen molar-refractivity contribution < 1.29 is 9.47 Å². The number of hydrogen-bond acceptors (Lipinski definition) is 7. The van der Waals surface area contributed by atoms with Crippen molar-refractivity contribution in [1.82, 2.24) is 15.0 Å². The first kappa shape index (κ1) is 14.4. The molecule has 0 spiro atoms. The van der Waals surface area contributed by atoms with Crippen molar-refractivity contribution in [2.75, 3.05) is 26.1 Å². The molecule has 7 heteroatoms. The van der Waals surface area contributed by atoms with Crippen LogP contribution in [0, 0.1) is 0 Å². The predicted octanol–water partition coefficient (Wildman–Crippen LogP) is 2.47. The zero-order valence-electron chi connectivity index (χ0n) is 11.6. The van der Waals surface area contributed by atoms with Gasteiger partial charge in [-0.15, -0.1) is 0 Å². The van der Waals surface area contributed by atoms with Crippen LogP contribution in [0.25, 0.3) is 0 Å². The van der Waals surface area contributed by atoms with Gasteiger partial charge in [-0.05, 0) is 36.9 Å². The van der Waals surface area contributed by atoms with Crippen LogP contribution < -0.4 is 14.8 Å². The third kappa shape index (κ3) is 3.74. The molecule has 0 saturated carbocycles. The number of aromatic nitrogens is 3. The topological polar surface area (TPSA) is 69.2 Å². The molecule has 1 heterocycles. The molecular weight excluding hydrogens is 276 g/mol. The smallest absolute Gasteiger partial charge is 0.322 e. The summed E-state index contributed by atoms with van der Waals surface area (Å²) >= 11 is 1.42. The van der Waals surface area contributed by atoms with Crippen molar-refractivity contribution >= 4 is 17.7 Å². The number of nitrogens with one attached hydrogen (secondary N) is 1. The van der Waals surface area contributed by atoms with Crippen LogP contribution in [0.2, 0.25) is 0 Å². The van der Waals surface area contributed by atoms with E-state index in [1.165, 1.54) is 11.8 Å². The second-order valence-electron chi connectivity index (χ2n) is 3.69. The second-order valence-corrected chi connectivity index (χ2v) is 4.73. The molecule has 2 aromatic rings. The van der Waals surface area contributed by atoms with Crippen molar-refractivity contribution in [3.05, 3.63) is 24.3 Å². The largest absolute Gasteiger partial charge is 0.497 e. The van der Waals surface area contributed by atoms with Crippen molar-refractivity contribution in [3.8, 4) is 11.8 Å². The first-order valence-corrected chi connectivity index (χ1v) is 6.95. The summed E-state index contributed by atoms with van der Waals surface area (Å²) in [5.74, 6) is 1.27. The van der Waals surface area contributed by atoms with Crippen LogP contribution in [0.5, 0.6) is 11.8 Å². The van der Waals surface area contributed by atoms with E-state index in [9.17, 15) is 0 Å². The lowest BCUT2D eigenvalue weighted by molar-refractivity contribution is 0.308. The van der Waals surface area contributed by atoms with Gasteiger partial charge in [0.05, 0.1) is 13.7 Å². The van der Waals surface area contributed by atoms with E-state index in [2.05, 4.69) is 20.3 Å². The van der Waals surface area contributed by atoms with Crippen molar-refractivity contribution in [2.24, 2.45) is 0 Å². The minimum Gasteiger partial charge on any atom is -0.497 e. The Morgan fingerprint density at radius 1 is 1.25 bits per heavy atom. The average Bonchev–Trinajstić information content (AvgIpc) is 2.47. The Labute approximate surface area is 122 Å². The van der Waals surface area contributed by atoms with Crippen molar-refractivity contribution in [2.45, 2.75) is 17.0 Å². The molecule has 0 aliphatic rings.